The average molecular weight is 487 g/mol. The molecule has 1 heterocycles. The molecule has 1 amide bonds. The summed E-state index contributed by atoms with van der Waals surface area (Å²) in [6.45, 7) is 2.74. The Labute approximate surface area is 198 Å². The number of aromatic carboxylic acids is 1. The Balaban J connectivity index is 1.38. The van der Waals surface area contributed by atoms with E-state index in [2.05, 4.69) is 9.80 Å². The zero-order chi connectivity index (χ0) is 25.2. The lowest BCUT2D eigenvalue weighted by Crippen LogP contribution is -2.46. The minimum absolute atomic E-state index is 0.00539. The van der Waals surface area contributed by atoms with Gasteiger partial charge in [-0.3, -0.25) is 4.79 Å². The standard InChI is InChI=1S/C25H21F4N3O3/c26-25(27,28)19-2-1-3-22(16-19)32(29)23(33)17-4-8-20(9-5-17)30-12-14-31(15-13-30)21-10-6-18(7-11-21)24(34)35/h1-11,16H,12-15H2,(H,34,35). The van der Waals surface area contributed by atoms with E-state index >= 15 is 0 Å². The second kappa shape index (κ2) is 9.65. The Morgan fingerprint density at radius 2 is 1.26 bits per heavy atom. The minimum atomic E-state index is -4.65. The van der Waals surface area contributed by atoms with E-state index < -0.39 is 29.3 Å². The molecule has 0 unspecified atom stereocenters. The molecule has 10 heteroatoms. The van der Waals surface area contributed by atoms with E-state index in [1.54, 1.807) is 36.4 Å². The molecule has 0 spiro atoms. The maximum absolute atomic E-state index is 14.6. The second-order valence-corrected chi connectivity index (χ2v) is 8.01. The number of halogens is 4. The number of alkyl halides is 3. The van der Waals surface area contributed by atoms with Gasteiger partial charge in [-0.15, -0.1) is 5.12 Å². The number of rotatable bonds is 5. The summed E-state index contributed by atoms with van der Waals surface area (Å²) < 4.78 is 53.2. The largest absolute Gasteiger partial charge is 0.478 e. The lowest BCUT2D eigenvalue weighted by Gasteiger charge is -2.37. The molecule has 1 saturated heterocycles. The van der Waals surface area contributed by atoms with Crippen molar-refractivity contribution in [1.82, 2.24) is 0 Å². The summed E-state index contributed by atoms with van der Waals surface area (Å²) in [6, 6.07) is 16.4. The van der Waals surface area contributed by atoms with Crippen molar-refractivity contribution in [3.8, 4) is 0 Å². The van der Waals surface area contributed by atoms with Gasteiger partial charge < -0.3 is 14.9 Å². The van der Waals surface area contributed by atoms with Crippen LogP contribution < -0.4 is 14.9 Å². The fourth-order valence-corrected chi connectivity index (χ4v) is 3.89. The number of carboxylic acid groups (broad SMARTS) is 1. The van der Waals surface area contributed by atoms with Gasteiger partial charge in [-0.1, -0.05) is 10.5 Å². The van der Waals surface area contributed by atoms with Gasteiger partial charge in [-0.25, -0.2) is 4.79 Å². The summed E-state index contributed by atoms with van der Waals surface area (Å²) in [5, 5.41) is 8.73. The Morgan fingerprint density at radius 3 is 1.71 bits per heavy atom. The summed E-state index contributed by atoms with van der Waals surface area (Å²) >= 11 is 0. The molecule has 35 heavy (non-hydrogen) atoms. The first kappa shape index (κ1) is 24.1. The predicted molar refractivity (Wildman–Crippen MR) is 124 cm³/mol. The van der Waals surface area contributed by atoms with E-state index in [1.165, 1.54) is 12.1 Å². The van der Waals surface area contributed by atoms with Crippen molar-refractivity contribution < 1.29 is 32.3 Å². The number of piperazine rings is 1. The second-order valence-electron chi connectivity index (χ2n) is 8.01. The van der Waals surface area contributed by atoms with Crippen molar-refractivity contribution in [1.29, 1.82) is 0 Å². The monoisotopic (exact) mass is 487 g/mol. The van der Waals surface area contributed by atoms with E-state index in [0.717, 1.165) is 29.6 Å². The predicted octanol–water partition coefficient (Wildman–Crippen LogP) is 5.26. The Bertz CT molecular complexity index is 1210. The lowest BCUT2D eigenvalue weighted by molar-refractivity contribution is -0.137. The summed E-state index contributed by atoms with van der Waals surface area (Å²) in [5.74, 6) is -2.04. The van der Waals surface area contributed by atoms with Crippen LogP contribution >= 0.6 is 0 Å². The highest BCUT2D eigenvalue weighted by Crippen LogP contribution is 2.32. The van der Waals surface area contributed by atoms with Crippen LogP contribution in [0.1, 0.15) is 26.3 Å². The number of carboxylic acids is 1. The van der Waals surface area contributed by atoms with Crippen LogP contribution in [0.15, 0.2) is 72.8 Å². The van der Waals surface area contributed by atoms with Crippen LogP contribution in [0.3, 0.4) is 0 Å². The van der Waals surface area contributed by atoms with Crippen LogP contribution in [-0.2, 0) is 6.18 Å². The quantitative estimate of drug-likeness (QED) is 0.393. The molecule has 1 fully saturated rings. The maximum atomic E-state index is 14.6. The van der Waals surface area contributed by atoms with Gasteiger partial charge in [0.2, 0.25) is 0 Å². The van der Waals surface area contributed by atoms with Gasteiger partial charge in [-0.2, -0.15) is 13.2 Å². The van der Waals surface area contributed by atoms with E-state index in [1.807, 2.05) is 0 Å². The number of benzene rings is 3. The summed E-state index contributed by atoms with van der Waals surface area (Å²) in [6.07, 6.45) is -4.65. The normalized spacial score (nSPS) is 14.1. The summed E-state index contributed by atoms with van der Waals surface area (Å²) in [5.41, 5.74) is 0.437. The van der Waals surface area contributed by atoms with Crippen molar-refractivity contribution in [2.45, 2.75) is 6.18 Å². The van der Waals surface area contributed by atoms with Gasteiger partial charge >= 0.3 is 12.1 Å². The number of nitrogens with zero attached hydrogens (tertiary/aromatic N) is 3. The highest BCUT2D eigenvalue weighted by atomic mass is 19.4. The molecule has 0 aliphatic carbocycles. The zero-order valence-corrected chi connectivity index (χ0v) is 18.4. The number of amides is 1. The first-order chi connectivity index (χ1) is 16.6. The van der Waals surface area contributed by atoms with Gasteiger partial charge in [0.1, 0.15) is 0 Å². The van der Waals surface area contributed by atoms with Gasteiger partial charge in [0.25, 0.3) is 5.91 Å². The fraction of sp³-hybridized carbons (Fsp3) is 0.200. The highest BCUT2D eigenvalue weighted by molar-refractivity contribution is 6.04. The molecule has 1 N–H and O–H groups in total. The third-order valence-corrected chi connectivity index (χ3v) is 5.82. The molecule has 0 bridgehead atoms. The number of carbonyl (C=O) groups excluding carboxylic acids is 1. The Morgan fingerprint density at radius 1 is 0.771 bits per heavy atom. The van der Waals surface area contributed by atoms with Crippen molar-refractivity contribution in [2.75, 3.05) is 41.1 Å². The molecule has 3 aromatic carbocycles. The molecule has 3 aromatic rings. The average Bonchev–Trinajstić information content (AvgIpc) is 2.87. The lowest BCUT2D eigenvalue weighted by atomic mass is 10.1. The van der Waals surface area contributed by atoms with Crippen molar-refractivity contribution in [2.24, 2.45) is 0 Å². The topological polar surface area (TPSA) is 64.1 Å². The minimum Gasteiger partial charge on any atom is -0.478 e. The fourth-order valence-electron chi connectivity index (χ4n) is 3.89. The molecule has 0 radical (unpaired) electrons. The maximum Gasteiger partial charge on any atom is 0.416 e. The molecule has 0 aromatic heterocycles. The zero-order valence-electron chi connectivity index (χ0n) is 18.4. The van der Waals surface area contributed by atoms with Crippen LogP contribution in [0.4, 0.5) is 34.7 Å². The van der Waals surface area contributed by atoms with Crippen LogP contribution in [0, 0.1) is 0 Å². The molecule has 182 valence electrons. The van der Waals surface area contributed by atoms with Crippen LogP contribution in [0.25, 0.3) is 0 Å². The van der Waals surface area contributed by atoms with Crippen LogP contribution in [0.5, 0.6) is 0 Å². The number of carbonyl (C=O) groups is 2. The first-order valence-electron chi connectivity index (χ1n) is 10.7. The number of hydrogen-bond acceptors (Lipinski definition) is 4. The van der Waals surface area contributed by atoms with Crippen LogP contribution in [-0.4, -0.2) is 43.2 Å². The summed E-state index contributed by atoms with van der Waals surface area (Å²) in [4.78, 5) is 27.7. The molecular weight excluding hydrogens is 466 g/mol. The molecule has 6 nitrogen and oxygen atoms in total. The van der Waals surface area contributed by atoms with E-state index in [9.17, 15) is 27.2 Å². The van der Waals surface area contributed by atoms with E-state index in [4.69, 9.17) is 5.11 Å². The third-order valence-electron chi connectivity index (χ3n) is 5.82. The van der Waals surface area contributed by atoms with Crippen molar-refractivity contribution in [3.05, 3.63) is 89.5 Å². The molecular formula is C25H21F4N3O3. The van der Waals surface area contributed by atoms with E-state index in [-0.39, 0.29) is 16.2 Å². The first-order valence-corrected chi connectivity index (χ1v) is 10.7. The van der Waals surface area contributed by atoms with Crippen LogP contribution in [0.2, 0.25) is 0 Å². The summed E-state index contributed by atoms with van der Waals surface area (Å²) in [7, 11) is 0. The van der Waals surface area contributed by atoms with Crippen molar-refractivity contribution in [3.63, 3.8) is 0 Å². The third kappa shape index (κ3) is 5.37. The Hall–Kier alpha value is -4.08. The van der Waals surface area contributed by atoms with Gasteiger partial charge in [0, 0.05) is 43.1 Å². The highest BCUT2D eigenvalue weighted by Gasteiger charge is 2.31. The molecule has 1 aliphatic rings. The van der Waals surface area contributed by atoms with Gasteiger partial charge in [0.05, 0.1) is 16.8 Å². The number of anilines is 3. The molecule has 1 aliphatic heterocycles. The molecule has 4 rings (SSSR count). The van der Waals surface area contributed by atoms with Gasteiger partial charge in [0.15, 0.2) is 0 Å². The van der Waals surface area contributed by atoms with E-state index in [0.29, 0.717) is 32.2 Å². The Kier molecular flexibility index (Phi) is 6.63. The smallest absolute Gasteiger partial charge is 0.416 e. The SMILES string of the molecule is O=C(O)c1ccc(N2CCN(c3ccc(C(=O)N(F)c4cccc(C(F)(F)F)c4)cc3)CC2)cc1. The number of hydrogen-bond donors (Lipinski definition) is 1. The molecule has 0 atom stereocenters. The van der Waals surface area contributed by atoms with Gasteiger partial charge in [-0.05, 0) is 66.7 Å². The molecule has 0 saturated carbocycles. The van der Waals surface area contributed by atoms with Crippen molar-refractivity contribution >= 4 is 28.9 Å².